The molecule has 0 bridgehead atoms. The Bertz CT molecular complexity index is 3540. The highest BCUT2D eigenvalue weighted by atomic mass is 32.1. The fourth-order valence-electron chi connectivity index (χ4n) is 10.6. The fourth-order valence-corrected chi connectivity index (χ4v) is 12.0. The predicted octanol–water partition coefficient (Wildman–Crippen LogP) is 30.3. The fraction of sp³-hybridized carbons (Fsp3) is 0.411. The van der Waals surface area contributed by atoms with Crippen LogP contribution in [0, 0.1) is 17.8 Å². The molecule has 2 aliphatic rings. The van der Waals surface area contributed by atoms with Crippen molar-refractivity contribution in [3.63, 3.8) is 0 Å². The summed E-state index contributed by atoms with van der Waals surface area (Å²) in [5, 5.41) is 10.8. The molecule has 5 aromatic carbocycles. The van der Waals surface area contributed by atoms with Gasteiger partial charge in [-0.25, -0.2) is 4.98 Å². The number of hydrogen-bond acceptors (Lipinski definition) is 7. The molecule has 5 nitrogen and oxygen atoms in total. The van der Waals surface area contributed by atoms with Gasteiger partial charge in [-0.2, -0.15) is 0 Å². The molecule has 0 N–H and O–H groups in total. The van der Waals surface area contributed by atoms with Crippen molar-refractivity contribution in [3.8, 4) is 0 Å². The molecule has 0 radical (unpaired) electrons. The van der Waals surface area contributed by atoms with Crippen molar-refractivity contribution in [1.82, 2.24) is 19.9 Å². The second kappa shape index (κ2) is 51.3. The van der Waals surface area contributed by atoms with Gasteiger partial charge in [-0.05, 0) is 169 Å². The van der Waals surface area contributed by atoms with Gasteiger partial charge in [-0.1, -0.05) is 335 Å². The Hall–Kier alpha value is -7.84. The Morgan fingerprint density at radius 3 is 1.37 bits per heavy atom. The number of rotatable bonds is 11. The summed E-state index contributed by atoms with van der Waals surface area (Å²) in [4.78, 5) is 17.7. The van der Waals surface area contributed by atoms with E-state index in [2.05, 4.69) is 323 Å². The lowest BCUT2D eigenvalue weighted by atomic mass is 9.95. The average molecular weight is 1410 g/mol. The van der Waals surface area contributed by atoms with Crippen LogP contribution in [-0.4, -0.2) is 19.9 Å². The lowest BCUT2D eigenvalue weighted by Gasteiger charge is -2.11. The van der Waals surface area contributed by atoms with Crippen LogP contribution in [0.1, 0.15) is 287 Å². The summed E-state index contributed by atoms with van der Waals surface area (Å²) in [6.45, 7) is 48.4. The monoisotopic (exact) mass is 1410 g/mol. The quantitative estimate of drug-likeness (QED) is 0.129. The minimum atomic E-state index is 0.519. The number of thiophene rings is 1. The van der Waals surface area contributed by atoms with Crippen LogP contribution < -0.4 is 0 Å². The zero-order valence-electron chi connectivity index (χ0n) is 66.7. The zero-order valence-corrected chi connectivity index (χ0v) is 68.4. The number of pyridine rings is 3. The Labute approximate surface area is 629 Å². The number of allylic oxidation sites excluding steroid dienone is 4. The Morgan fingerprint density at radius 2 is 0.980 bits per heavy atom. The van der Waals surface area contributed by atoms with Crippen molar-refractivity contribution in [2.45, 2.75) is 238 Å². The van der Waals surface area contributed by atoms with E-state index in [4.69, 9.17) is 4.42 Å². The highest BCUT2D eigenvalue weighted by Gasteiger charge is 2.17. The maximum absolute atomic E-state index is 5.09. The van der Waals surface area contributed by atoms with Crippen LogP contribution in [0.15, 0.2) is 264 Å². The first-order valence-corrected chi connectivity index (χ1v) is 39.6. The van der Waals surface area contributed by atoms with Crippen molar-refractivity contribution in [2.24, 2.45) is 17.8 Å². The Morgan fingerprint density at radius 1 is 0.382 bits per heavy atom. The first-order chi connectivity index (χ1) is 48.8. The van der Waals surface area contributed by atoms with E-state index in [0.29, 0.717) is 53.3 Å². The van der Waals surface area contributed by atoms with E-state index < -0.39 is 0 Å². The molecule has 7 heteroatoms. The van der Waals surface area contributed by atoms with Crippen LogP contribution in [0.5, 0.6) is 0 Å². The molecule has 6 aromatic heterocycles. The van der Waals surface area contributed by atoms with Crippen molar-refractivity contribution in [3.05, 3.63) is 309 Å². The highest BCUT2D eigenvalue weighted by molar-refractivity contribution is 7.10. The minimum absolute atomic E-state index is 0.519. The molecule has 548 valence electrons. The molecule has 11 aromatic rings. The van der Waals surface area contributed by atoms with Gasteiger partial charge < -0.3 is 4.42 Å². The summed E-state index contributed by atoms with van der Waals surface area (Å²) >= 11 is 3.55. The van der Waals surface area contributed by atoms with Crippen LogP contribution in [0.4, 0.5) is 0 Å². The average Bonchev–Trinajstić information content (AvgIpc) is 0.885. The van der Waals surface area contributed by atoms with Crippen LogP contribution in [0.2, 0.25) is 0 Å². The van der Waals surface area contributed by atoms with Gasteiger partial charge in [-0.15, -0.1) is 22.7 Å². The summed E-state index contributed by atoms with van der Waals surface area (Å²) in [5.74, 6) is 9.26. The smallest absolute Gasteiger partial charge is 0.106 e. The molecular weight excluding hydrogens is 1280 g/mol. The summed E-state index contributed by atoms with van der Waals surface area (Å²) in [7, 11) is 0. The lowest BCUT2D eigenvalue weighted by Crippen LogP contribution is -2.01. The van der Waals surface area contributed by atoms with Crippen molar-refractivity contribution < 1.29 is 4.42 Å². The number of furan rings is 1. The summed E-state index contributed by atoms with van der Waals surface area (Å²) in [6.07, 6.45) is 26.4. The van der Waals surface area contributed by atoms with Gasteiger partial charge in [0.15, 0.2) is 0 Å². The van der Waals surface area contributed by atoms with E-state index >= 15 is 0 Å². The first kappa shape index (κ1) is 88.4. The third kappa shape index (κ3) is 36.9. The van der Waals surface area contributed by atoms with Crippen molar-refractivity contribution >= 4 is 44.2 Å². The van der Waals surface area contributed by atoms with Crippen LogP contribution in [0.25, 0.3) is 21.5 Å². The van der Waals surface area contributed by atoms with E-state index in [-0.39, 0.29) is 0 Å². The summed E-state index contributed by atoms with van der Waals surface area (Å²) in [5.41, 5.74) is 9.65. The molecule has 1 saturated carbocycles. The second-order valence-corrected chi connectivity index (χ2v) is 31.4. The van der Waals surface area contributed by atoms with E-state index in [1.165, 1.54) is 91.4 Å². The van der Waals surface area contributed by atoms with Gasteiger partial charge in [0.1, 0.15) is 5.76 Å². The van der Waals surface area contributed by atoms with Gasteiger partial charge >= 0.3 is 0 Å². The molecule has 0 amide bonds. The van der Waals surface area contributed by atoms with E-state index in [0.717, 1.165) is 29.2 Å². The van der Waals surface area contributed by atoms with Gasteiger partial charge in [0, 0.05) is 65.0 Å². The van der Waals surface area contributed by atoms with E-state index in [1.54, 1.807) is 29.4 Å². The molecule has 2 aliphatic carbocycles. The zero-order chi connectivity index (χ0) is 75.2. The number of thiazole rings is 1. The topological polar surface area (TPSA) is 64.7 Å². The molecule has 102 heavy (non-hydrogen) atoms. The SMILES string of the molecule is CC(C)C1=CC=CC1.CC(C)C1CCCC1.CC(C)c1ccc2ccccc2c1.CC(C)c1cccc2ccccc12.CC(C)c1ccccc1.CC(C)c1ccccn1.CC(C)c1cccnc1.CC(C)c1ccco1.CC(C)c1cccs1.CC(C)c1ccncc1.CC(C)c1nccs1. The molecule has 0 spiro atoms. The Kier molecular flexibility index (Phi) is 44.5. The third-order valence-electron chi connectivity index (χ3n) is 17.4. The normalized spacial score (nSPS) is 12.0. The van der Waals surface area contributed by atoms with Gasteiger partial charge in [0.25, 0.3) is 0 Å². The van der Waals surface area contributed by atoms with Crippen molar-refractivity contribution in [1.29, 1.82) is 0 Å². The van der Waals surface area contributed by atoms with Crippen LogP contribution >= 0.6 is 22.7 Å². The molecule has 0 atom stereocenters. The molecule has 0 unspecified atom stereocenters. The molecule has 0 saturated heterocycles. The van der Waals surface area contributed by atoms with Gasteiger partial charge in [0.05, 0.1) is 11.3 Å². The van der Waals surface area contributed by atoms with Crippen molar-refractivity contribution in [2.75, 3.05) is 0 Å². The maximum Gasteiger partial charge on any atom is 0.106 e. The maximum atomic E-state index is 5.09. The minimum Gasteiger partial charge on any atom is -0.469 e. The summed E-state index contributed by atoms with van der Waals surface area (Å²) < 4.78 is 5.09. The standard InChI is InChI=1S/2C13H14.C9H12.3C8H11N.C8H16.C8H12.C7H10O.C7H10S.C6H9NS/c1-10(2)12-9-5-7-11-6-3-4-8-13(11)12;1-10(2)12-8-7-11-5-3-4-6-13(11)9-12;1-8(2)9-6-4-3-5-7-9;1-7(2)8-3-5-9-6-4-8;1-7(2)8-4-3-5-9-6-8;1-7(2)8-5-3-4-6-9-8;2*1-7(2)8-5-3-4-6-8;2*1-6(2)7-4-3-5-8-7;1-5(2)6-7-3-4-8-6/h2*3-10H,1-2H3;3-8H,1-2H3;3*3-7H,1-2H3;7-8H,3-6H2,1-2H3;3-5,7H,6H2,1-2H3;2*3-6H,1-2H3;3-5H,1-2H3. The third-order valence-corrected chi connectivity index (χ3v) is 19.7. The van der Waals surface area contributed by atoms with Gasteiger partial charge in [0.2, 0.25) is 0 Å². The molecule has 1 fully saturated rings. The molecular formula is C95H130N4OS2. The predicted molar refractivity (Wildman–Crippen MR) is 452 cm³/mol. The van der Waals surface area contributed by atoms with Gasteiger partial charge in [-0.3, -0.25) is 15.0 Å². The number of hydrogen-bond donors (Lipinski definition) is 0. The number of nitrogens with zero attached hydrogens (tertiary/aromatic N) is 4. The number of benzene rings is 5. The lowest BCUT2D eigenvalue weighted by molar-refractivity contribution is 0.396. The molecule has 6 heterocycles. The number of aromatic nitrogens is 4. The largest absolute Gasteiger partial charge is 0.469 e. The first-order valence-electron chi connectivity index (χ1n) is 37.8. The molecule has 0 aliphatic heterocycles. The van der Waals surface area contributed by atoms with E-state index in [9.17, 15) is 0 Å². The highest BCUT2D eigenvalue weighted by Crippen LogP contribution is 2.31. The van der Waals surface area contributed by atoms with Crippen LogP contribution in [-0.2, 0) is 0 Å². The number of fused-ring (bicyclic) bond motifs is 2. The van der Waals surface area contributed by atoms with Crippen LogP contribution in [0.3, 0.4) is 0 Å². The second-order valence-electron chi connectivity index (χ2n) is 29.5. The summed E-state index contributed by atoms with van der Waals surface area (Å²) in [6, 6.07) is 63.1. The van der Waals surface area contributed by atoms with E-state index in [1.807, 2.05) is 102 Å². The Balaban J connectivity index is 0.000000293. The molecule has 13 rings (SSSR count).